The number of benzene rings is 2. The molecule has 0 aliphatic carbocycles. The minimum Gasteiger partial charge on any atom is -0.497 e. The Labute approximate surface area is 180 Å². The van der Waals surface area contributed by atoms with Crippen LogP contribution < -0.4 is 15.6 Å². The van der Waals surface area contributed by atoms with Gasteiger partial charge in [0.15, 0.2) is 0 Å². The molecule has 3 aromatic rings. The number of ether oxygens (including phenoxy) is 2. The van der Waals surface area contributed by atoms with E-state index in [-0.39, 0.29) is 12.1 Å². The van der Waals surface area contributed by atoms with Crippen molar-refractivity contribution < 1.29 is 14.3 Å². The summed E-state index contributed by atoms with van der Waals surface area (Å²) in [4.78, 5) is 25.2. The van der Waals surface area contributed by atoms with Gasteiger partial charge < -0.3 is 19.4 Å². The Morgan fingerprint density at radius 2 is 1.87 bits per heavy atom. The van der Waals surface area contributed by atoms with E-state index < -0.39 is 11.7 Å². The summed E-state index contributed by atoms with van der Waals surface area (Å²) >= 11 is 6.26. The van der Waals surface area contributed by atoms with Gasteiger partial charge in [-0.25, -0.2) is 4.79 Å². The third kappa shape index (κ3) is 4.60. The summed E-state index contributed by atoms with van der Waals surface area (Å²) in [6.45, 7) is 5.49. The number of alkyl carbamates (subject to hydrolysis) is 1. The molecule has 0 atom stereocenters. The molecule has 0 aliphatic rings. The van der Waals surface area contributed by atoms with E-state index in [1.165, 1.54) is 0 Å². The molecule has 0 radical (unpaired) electrons. The first-order valence-electron chi connectivity index (χ1n) is 9.53. The number of carbonyl (C=O) groups excluding carboxylic acids is 1. The van der Waals surface area contributed by atoms with Crippen molar-refractivity contribution in [2.45, 2.75) is 32.9 Å². The van der Waals surface area contributed by atoms with Crippen LogP contribution in [0.1, 0.15) is 26.5 Å². The molecule has 158 valence electrons. The number of carbonyl (C=O) groups is 1. The Hall–Kier alpha value is -2.99. The van der Waals surface area contributed by atoms with Gasteiger partial charge in [-0.3, -0.25) is 4.79 Å². The Morgan fingerprint density at radius 3 is 2.53 bits per heavy atom. The number of aromatic nitrogens is 1. The number of hydrogen-bond acceptors (Lipinski definition) is 4. The van der Waals surface area contributed by atoms with Gasteiger partial charge in [0.2, 0.25) is 0 Å². The summed E-state index contributed by atoms with van der Waals surface area (Å²) in [6, 6.07) is 12.7. The Morgan fingerprint density at radius 1 is 1.13 bits per heavy atom. The molecule has 7 heteroatoms. The van der Waals surface area contributed by atoms with Gasteiger partial charge in [-0.15, -0.1) is 0 Å². The minimum atomic E-state index is -0.623. The number of amides is 1. The summed E-state index contributed by atoms with van der Waals surface area (Å²) in [5.74, 6) is 0.683. The lowest BCUT2D eigenvalue weighted by molar-refractivity contribution is 0.0522. The number of nitrogens with zero attached hydrogens (tertiary/aromatic N) is 1. The summed E-state index contributed by atoms with van der Waals surface area (Å²) < 4.78 is 12.3. The third-order valence-corrected chi connectivity index (χ3v) is 4.87. The van der Waals surface area contributed by atoms with Gasteiger partial charge in [-0.05, 0) is 62.1 Å². The summed E-state index contributed by atoms with van der Waals surface area (Å²) in [6.07, 6.45) is -0.558. The maximum Gasteiger partial charge on any atom is 0.407 e. The van der Waals surface area contributed by atoms with E-state index in [2.05, 4.69) is 5.32 Å². The van der Waals surface area contributed by atoms with Crippen LogP contribution in [-0.2, 0) is 18.3 Å². The van der Waals surface area contributed by atoms with E-state index in [1.54, 1.807) is 57.7 Å². The zero-order chi connectivity index (χ0) is 22.1. The lowest BCUT2D eigenvalue weighted by atomic mass is 9.96. The lowest BCUT2D eigenvalue weighted by Crippen LogP contribution is -2.34. The van der Waals surface area contributed by atoms with Crippen LogP contribution in [0.5, 0.6) is 5.75 Å². The molecule has 0 aliphatic heterocycles. The molecule has 6 nitrogen and oxygen atoms in total. The summed E-state index contributed by atoms with van der Waals surface area (Å²) in [5.41, 5.74) is 1.48. The van der Waals surface area contributed by atoms with Gasteiger partial charge >= 0.3 is 6.09 Å². The summed E-state index contributed by atoms with van der Waals surface area (Å²) in [5, 5.41) is 4.53. The van der Waals surface area contributed by atoms with E-state index in [9.17, 15) is 9.59 Å². The second-order valence-electron chi connectivity index (χ2n) is 7.96. The normalized spacial score (nSPS) is 11.4. The van der Waals surface area contributed by atoms with E-state index in [0.29, 0.717) is 27.2 Å². The van der Waals surface area contributed by atoms with E-state index >= 15 is 0 Å². The van der Waals surface area contributed by atoms with Crippen LogP contribution in [0.3, 0.4) is 0 Å². The van der Waals surface area contributed by atoms with Gasteiger partial charge in [0.1, 0.15) is 11.4 Å². The van der Waals surface area contributed by atoms with Gasteiger partial charge in [-0.2, -0.15) is 0 Å². The van der Waals surface area contributed by atoms with Crippen LogP contribution in [-0.4, -0.2) is 23.4 Å². The first kappa shape index (κ1) is 21.7. The molecule has 30 heavy (non-hydrogen) atoms. The highest BCUT2D eigenvalue weighted by Gasteiger charge is 2.20. The predicted octanol–water partition coefficient (Wildman–Crippen LogP) is 4.89. The standard InChI is InChI=1S/C23H25ClN2O4/c1-23(2,3)30-22(28)25-13-19-20(14-7-6-8-16(11-14)29-5)18-12-15(24)9-10-17(18)21(27)26(19)4/h6-12H,13H2,1-5H3,(H,25,28). The van der Waals surface area contributed by atoms with Crippen molar-refractivity contribution in [2.75, 3.05) is 7.11 Å². The largest absolute Gasteiger partial charge is 0.497 e. The molecule has 0 saturated carbocycles. The monoisotopic (exact) mass is 428 g/mol. The average Bonchev–Trinajstić information content (AvgIpc) is 2.68. The van der Waals surface area contributed by atoms with Crippen LogP contribution in [0.25, 0.3) is 21.9 Å². The van der Waals surface area contributed by atoms with Crippen LogP contribution in [0.15, 0.2) is 47.3 Å². The average molecular weight is 429 g/mol. The Bertz CT molecular complexity index is 1160. The molecule has 1 amide bonds. The van der Waals surface area contributed by atoms with Crippen molar-refractivity contribution in [1.29, 1.82) is 0 Å². The number of methoxy groups -OCH3 is 1. The Balaban J connectivity index is 2.20. The van der Waals surface area contributed by atoms with E-state index in [1.807, 2.05) is 24.3 Å². The van der Waals surface area contributed by atoms with Crippen molar-refractivity contribution in [1.82, 2.24) is 9.88 Å². The lowest BCUT2D eigenvalue weighted by Gasteiger charge is -2.22. The SMILES string of the molecule is COc1cccc(-c2c(CNC(=O)OC(C)(C)C)n(C)c(=O)c3ccc(Cl)cc23)c1. The molecule has 0 bridgehead atoms. The highest BCUT2D eigenvalue weighted by atomic mass is 35.5. The van der Waals surface area contributed by atoms with Gasteiger partial charge in [0.05, 0.1) is 13.7 Å². The fourth-order valence-electron chi connectivity index (χ4n) is 3.31. The van der Waals surface area contributed by atoms with Crippen molar-refractivity contribution in [3.05, 3.63) is 63.5 Å². The molecule has 0 unspecified atom stereocenters. The molecule has 2 aromatic carbocycles. The zero-order valence-corrected chi connectivity index (χ0v) is 18.5. The van der Waals surface area contributed by atoms with Crippen molar-refractivity contribution in [3.63, 3.8) is 0 Å². The Kier molecular flexibility index (Phi) is 6.08. The molecule has 0 fully saturated rings. The van der Waals surface area contributed by atoms with Crippen LogP contribution in [0, 0.1) is 0 Å². The smallest absolute Gasteiger partial charge is 0.407 e. The molecular formula is C23H25ClN2O4. The second-order valence-corrected chi connectivity index (χ2v) is 8.40. The van der Waals surface area contributed by atoms with Crippen molar-refractivity contribution >= 4 is 28.5 Å². The summed E-state index contributed by atoms with van der Waals surface area (Å²) in [7, 11) is 3.28. The van der Waals surface area contributed by atoms with E-state index in [4.69, 9.17) is 21.1 Å². The number of halogens is 1. The maximum atomic E-state index is 13.0. The zero-order valence-electron chi connectivity index (χ0n) is 17.7. The fraction of sp³-hybridized carbons (Fsp3) is 0.304. The number of hydrogen-bond donors (Lipinski definition) is 1. The molecule has 1 heterocycles. The number of pyridine rings is 1. The quantitative estimate of drug-likeness (QED) is 0.642. The van der Waals surface area contributed by atoms with Crippen LogP contribution in [0.2, 0.25) is 5.02 Å². The third-order valence-electron chi connectivity index (χ3n) is 4.64. The van der Waals surface area contributed by atoms with Crippen molar-refractivity contribution in [2.24, 2.45) is 7.05 Å². The number of fused-ring (bicyclic) bond motifs is 1. The maximum absolute atomic E-state index is 13.0. The van der Waals surface area contributed by atoms with Gasteiger partial charge in [0, 0.05) is 28.7 Å². The number of nitrogens with one attached hydrogen (secondary N) is 1. The van der Waals surface area contributed by atoms with Crippen molar-refractivity contribution in [3.8, 4) is 16.9 Å². The van der Waals surface area contributed by atoms with Gasteiger partial charge in [0.25, 0.3) is 5.56 Å². The molecule has 3 rings (SSSR count). The fourth-order valence-corrected chi connectivity index (χ4v) is 3.49. The van der Waals surface area contributed by atoms with E-state index in [0.717, 1.165) is 11.1 Å². The second kappa shape index (κ2) is 8.40. The highest BCUT2D eigenvalue weighted by Crippen LogP contribution is 2.33. The van der Waals surface area contributed by atoms with Crippen LogP contribution >= 0.6 is 11.6 Å². The highest BCUT2D eigenvalue weighted by molar-refractivity contribution is 6.31. The first-order valence-corrected chi connectivity index (χ1v) is 9.91. The molecular weight excluding hydrogens is 404 g/mol. The molecule has 0 spiro atoms. The predicted molar refractivity (Wildman–Crippen MR) is 119 cm³/mol. The molecule has 0 saturated heterocycles. The van der Waals surface area contributed by atoms with Crippen LogP contribution in [0.4, 0.5) is 4.79 Å². The molecule has 1 aromatic heterocycles. The first-order chi connectivity index (χ1) is 14.1. The molecule has 1 N–H and O–H groups in total. The number of rotatable bonds is 4. The minimum absolute atomic E-state index is 0.107. The van der Waals surface area contributed by atoms with Gasteiger partial charge in [-0.1, -0.05) is 23.7 Å². The topological polar surface area (TPSA) is 69.6 Å².